The molecule has 4 rings (SSSR count). The molecule has 0 saturated heterocycles. The van der Waals surface area contributed by atoms with Gasteiger partial charge in [0.05, 0.1) is 10.6 Å². The zero-order chi connectivity index (χ0) is 18.8. The summed E-state index contributed by atoms with van der Waals surface area (Å²) in [4.78, 5) is 13.3. The maximum absolute atomic E-state index is 11.6. The van der Waals surface area contributed by atoms with Gasteiger partial charge in [-0.3, -0.25) is 10.1 Å². The van der Waals surface area contributed by atoms with Gasteiger partial charge in [0, 0.05) is 26.2 Å². The summed E-state index contributed by atoms with van der Waals surface area (Å²) >= 11 is 0. The van der Waals surface area contributed by atoms with E-state index < -0.39 is 4.92 Å². The Hall–Kier alpha value is -3.20. The van der Waals surface area contributed by atoms with E-state index in [1.807, 2.05) is 12.1 Å². The molecule has 0 amide bonds. The lowest BCUT2D eigenvalue weighted by molar-refractivity contribution is -0.382. The quantitative estimate of drug-likeness (QED) is 0.387. The highest BCUT2D eigenvalue weighted by atomic mass is 16.6. The van der Waals surface area contributed by atoms with Crippen LogP contribution < -0.4 is 10.2 Å². The first-order valence-electron chi connectivity index (χ1n) is 8.79. The van der Waals surface area contributed by atoms with Crippen LogP contribution in [0.3, 0.4) is 0 Å². The summed E-state index contributed by atoms with van der Waals surface area (Å²) in [7, 11) is 0. The number of hydrogen-bond donors (Lipinski definition) is 2. The van der Waals surface area contributed by atoms with E-state index in [0.29, 0.717) is 30.7 Å². The summed E-state index contributed by atoms with van der Waals surface area (Å²) in [5.41, 5.74) is 3.98. The number of aliphatic hydroxyl groups excluding tert-OH is 1. The summed E-state index contributed by atoms with van der Waals surface area (Å²) in [5, 5.41) is 31.4. The van der Waals surface area contributed by atoms with Gasteiger partial charge in [0.2, 0.25) is 5.52 Å². The van der Waals surface area contributed by atoms with Crippen molar-refractivity contribution in [2.24, 2.45) is 0 Å². The zero-order valence-electron chi connectivity index (χ0n) is 14.6. The van der Waals surface area contributed by atoms with Gasteiger partial charge in [-0.25, -0.2) is 4.63 Å². The topological polar surface area (TPSA) is 118 Å². The van der Waals surface area contributed by atoms with Crippen LogP contribution >= 0.6 is 0 Å². The second-order valence-electron chi connectivity index (χ2n) is 6.45. The Morgan fingerprint density at radius 3 is 2.81 bits per heavy atom. The van der Waals surface area contributed by atoms with E-state index >= 15 is 0 Å². The number of anilines is 2. The van der Waals surface area contributed by atoms with Gasteiger partial charge in [-0.2, -0.15) is 0 Å². The fourth-order valence-corrected chi connectivity index (χ4v) is 3.48. The van der Waals surface area contributed by atoms with Gasteiger partial charge in [-0.15, -0.1) is 0 Å². The molecule has 1 aliphatic heterocycles. The van der Waals surface area contributed by atoms with Crippen LogP contribution in [0.5, 0.6) is 0 Å². The van der Waals surface area contributed by atoms with Crippen LogP contribution in [0.15, 0.2) is 35.0 Å². The highest BCUT2D eigenvalue weighted by Gasteiger charge is 2.28. The highest BCUT2D eigenvalue weighted by molar-refractivity contribution is 5.99. The second-order valence-corrected chi connectivity index (χ2v) is 6.45. The minimum Gasteiger partial charge on any atom is -0.396 e. The van der Waals surface area contributed by atoms with Crippen LogP contribution in [0.2, 0.25) is 0 Å². The Morgan fingerprint density at radius 2 is 2.04 bits per heavy atom. The van der Waals surface area contributed by atoms with Gasteiger partial charge in [-0.05, 0) is 40.3 Å². The number of benzene rings is 2. The third-order valence-corrected chi connectivity index (χ3v) is 4.80. The summed E-state index contributed by atoms with van der Waals surface area (Å²) in [6, 6.07) is 9.98. The van der Waals surface area contributed by atoms with E-state index in [-0.39, 0.29) is 17.8 Å². The first-order chi connectivity index (χ1) is 13.2. The number of nitrogens with one attached hydrogen (secondary N) is 1. The molecule has 0 bridgehead atoms. The van der Waals surface area contributed by atoms with Crippen LogP contribution in [0.25, 0.3) is 11.0 Å². The molecule has 0 unspecified atom stereocenters. The van der Waals surface area contributed by atoms with Crippen LogP contribution in [0.4, 0.5) is 17.1 Å². The van der Waals surface area contributed by atoms with Gasteiger partial charge < -0.3 is 15.3 Å². The maximum Gasteiger partial charge on any atom is 0.323 e. The number of aliphatic hydroxyl groups is 1. The number of fused-ring (bicyclic) bond motifs is 2. The minimum atomic E-state index is -0.483. The van der Waals surface area contributed by atoms with Crippen molar-refractivity contribution >= 4 is 28.1 Å². The molecule has 3 aromatic rings. The second kappa shape index (κ2) is 7.20. The Balaban J connectivity index is 1.78. The van der Waals surface area contributed by atoms with Crippen molar-refractivity contribution in [1.29, 1.82) is 0 Å². The molecule has 0 radical (unpaired) electrons. The number of hydrogen-bond acceptors (Lipinski definition) is 8. The van der Waals surface area contributed by atoms with Crippen LogP contribution in [0, 0.1) is 10.1 Å². The lowest BCUT2D eigenvalue weighted by Gasteiger charge is -2.30. The van der Waals surface area contributed by atoms with Gasteiger partial charge >= 0.3 is 5.69 Å². The Kier molecular flexibility index (Phi) is 4.59. The summed E-state index contributed by atoms with van der Waals surface area (Å²) in [6.07, 6.45) is 1.37. The van der Waals surface area contributed by atoms with Crippen molar-refractivity contribution in [2.75, 3.05) is 29.9 Å². The highest BCUT2D eigenvalue weighted by Crippen LogP contribution is 2.39. The van der Waals surface area contributed by atoms with Crippen molar-refractivity contribution < 1.29 is 14.7 Å². The fraction of sp³-hybridized carbons (Fsp3) is 0.333. The molecule has 27 heavy (non-hydrogen) atoms. The third kappa shape index (κ3) is 3.17. The van der Waals surface area contributed by atoms with Crippen molar-refractivity contribution in [3.05, 3.63) is 51.6 Å². The number of nitrogens with zero attached hydrogens (tertiary/aromatic N) is 4. The molecule has 0 spiro atoms. The molecule has 9 nitrogen and oxygen atoms in total. The predicted octanol–water partition coefficient (Wildman–Crippen LogP) is 2.49. The minimum absolute atomic E-state index is 0.00429. The molecular weight excluding hydrogens is 350 g/mol. The van der Waals surface area contributed by atoms with Crippen molar-refractivity contribution in [3.63, 3.8) is 0 Å². The van der Waals surface area contributed by atoms with E-state index in [1.54, 1.807) is 6.07 Å². The molecule has 140 valence electrons. The van der Waals surface area contributed by atoms with Crippen molar-refractivity contribution in [2.45, 2.75) is 19.4 Å². The van der Waals surface area contributed by atoms with Crippen molar-refractivity contribution in [1.82, 2.24) is 10.3 Å². The van der Waals surface area contributed by atoms with E-state index in [0.717, 1.165) is 18.7 Å². The molecule has 2 aromatic carbocycles. The van der Waals surface area contributed by atoms with Gasteiger partial charge in [0.1, 0.15) is 5.69 Å². The van der Waals surface area contributed by atoms with Gasteiger partial charge in [-0.1, -0.05) is 24.3 Å². The maximum atomic E-state index is 11.6. The monoisotopic (exact) mass is 369 g/mol. The third-order valence-electron chi connectivity index (χ3n) is 4.80. The zero-order valence-corrected chi connectivity index (χ0v) is 14.6. The number of nitro groups is 1. The van der Waals surface area contributed by atoms with Gasteiger partial charge in [0.15, 0.2) is 5.52 Å². The smallest absolute Gasteiger partial charge is 0.323 e. The molecule has 1 aromatic heterocycles. The van der Waals surface area contributed by atoms with E-state index in [2.05, 4.69) is 32.7 Å². The molecule has 0 saturated carbocycles. The number of rotatable bonds is 6. The first-order valence-corrected chi connectivity index (χ1v) is 8.79. The van der Waals surface area contributed by atoms with Crippen molar-refractivity contribution in [3.8, 4) is 0 Å². The summed E-state index contributed by atoms with van der Waals surface area (Å²) in [6.45, 7) is 1.87. The number of nitro benzene ring substituents is 1. The van der Waals surface area contributed by atoms with Crippen LogP contribution in [0.1, 0.15) is 17.5 Å². The molecular formula is C18H19N5O4. The molecule has 2 N–H and O–H groups in total. The van der Waals surface area contributed by atoms with Crippen LogP contribution in [-0.4, -0.2) is 40.0 Å². The standard InChI is InChI=1S/C18H19N5O4/c24-9-3-7-19-14-10-15(16-17(21-27-20-16)18(14)23(25)26)22-8-6-12-4-1-2-5-13(12)11-22/h1-2,4-5,10,19,24H,3,6-9,11H2. The largest absolute Gasteiger partial charge is 0.396 e. The predicted molar refractivity (Wildman–Crippen MR) is 99.8 cm³/mol. The molecule has 2 heterocycles. The Labute approximate surface area is 154 Å². The average Bonchev–Trinajstić information content (AvgIpc) is 3.16. The fourth-order valence-electron chi connectivity index (χ4n) is 3.48. The lowest BCUT2D eigenvalue weighted by atomic mass is 9.99. The van der Waals surface area contributed by atoms with E-state index in [1.165, 1.54) is 11.1 Å². The molecule has 0 aliphatic carbocycles. The molecule has 9 heteroatoms. The Bertz CT molecular complexity index is 987. The summed E-state index contributed by atoms with van der Waals surface area (Å²) < 4.78 is 4.84. The molecule has 0 fully saturated rings. The van der Waals surface area contributed by atoms with E-state index in [4.69, 9.17) is 9.74 Å². The summed E-state index contributed by atoms with van der Waals surface area (Å²) in [5.74, 6) is 0. The molecule has 1 aliphatic rings. The molecule has 0 atom stereocenters. The number of aromatic nitrogens is 2. The van der Waals surface area contributed by atoms with Crippen LogP contribution in [-0.2, 0) is 13.0 Å². The van der Waals surface area contributed by atoms with Gasteiger partial charge in [0.25, 0.3) is 0 Å². The normalized spacial score (nSPS) is 13.6. The van der Waals surface area contributed by atoms with E-state index in [9.17, 15) is 10.1 Å². The lowest BCUT2D eigenvalue weighted by Crippen LogP contribution is -2.30. The first kappa shape index (κ1) is 17.2. The Morgan fingerprint density at radius 1 is 1.26 bits per heavy atom. The SMILES string of the molecule is O=[N+]([O-])c1c(NCCCO)cc(N2CCc3ccccc3C2)c2nonc12. The average molecular weight is 369 g/mol.